The lowest BCUT2D eigenvalue weighted by Gasteiger charge is -2.05. The summed E-state index contributed by atoms with van der Waals surface area (Å²) in [4.78, 5) is 15.3. The summed E-state index contributed by atoms with van der Waals surface area (Å²) < 4.78 is 38.9. The molecular weight excluding hydrogens is 279 g/mol. The molecule has 10 heteroatoms. The summed E-state index contributed by atoms with van der Waals surface area (Å²) in [5, 5.41) is 10.5. The van der Waals surface area contributed by atoms with Crippen LogP contribution in [0.25, 0.3) is 0 Å². The van der Waals surface area contributed by atoms with E-state index in [1.54, 1.807) is 0 Å². The quantitative estimate of drug-likeness (QED) is 0.648. The Labute approximate surface area is 106 Å². The van der Waals surface area contributed by atoms with E-state index in [0.29, 0.717) is 6.07 Å². The van der Waals surface area contributed by atoms with Crippen molar-refractivity contribution in [2.24, 2.45) is 0 Å². The van der Waals surface area contributed by atoms with Gasteiger partial charge < -0.3 is 4.98 Å². The SMILES string of the molecule is O=[N+]([O-])c1cc(S(=O)(=O)Nc2ncc[nH]2)ccc1F. The highest BCUT2D eigenvalue weighted by molar-refractivity contribution is 7.92. The molecule has 0 unspecified atom stereocenters. The van der Waals surface area contributed by atoms with Gasteiger partial charge in [-0.15, -0.1) is 0 Å². The number of rotatable bonds is 4. The minimum absolute atomic E-state index is 0.0491. The molecule has 0 saturated carbocycles. The van der Waals surface area contributed by atoms with Crippen molar-refractivity contribution in [2.75, 3.05) is 4.72 Å². The zero-order chi connectivity index (χ0) is 14.0. The summed E-state index contributed by atoms with van der Waals surface area (Å²) in [5.74, 6) is -1.16. The number of anilines is 1. The van der Waals surface area contributed by atoms with Crippen LogP contribution in [0, 0.1) is 15.9 Å². The van der Waals surface area contributed by atoms with Gasteiger partial charge >= 0.3 is 5.69 Å². The molecule has 19 heavy (non-hydrogen) atoms. The van der Waals surface area contributed by atoms with E-state index in [2.05, 4.69) is 14.7 Å². The fourth-order valence-corrected chi connectivity index (χ4v) is 2.30. The Morgan fingerprint density at radius 2 is 2.16 bits per heavy atom. The molecule has 2 aromatic rings. The first-order valence-electron chi connectivity index (χ1n) is 4.86. The zero-order valence-electron chi connectivity index (χ0n) is 9.20. The molecule has 0 bridgehead atoms. The van der Waals surface area contributed by atoms with Gasteiger partial charge in [-0.1, -0.05) is 0 Å². The highest BCUT2D eigenvalue weighted by Crippen LogP contribution is 2.22. The van der Waals surface area contributed by atoms with E-state index >= 15 is 0 Å². The number of aromatic amines is 1. The largest absolute Gasteiger partial charge is 0.330 e. The molecule has 0 fully saturated rings. The number of nitro benzene ring substituents is 1. The van der Waals surface area contributed by atoms with Crippen molar-refractivity contribution in [3.63, 3.8) is 0 Å². The summed E-state index contributed by atoms with van der Waals surface area (Å²) in [6.07, 6.45) is 2.72. The molecule has 100 valence electrons. The molecular formula is C9H7FN4O4S. The maximum Gasteiger partial charge on any atom is 0.306 e. The van der Waals surface area contributed by atoms with Gasteiger partial charge in [0.1, 0.15) is 0 Å². The first-order valence-corrected chi connectivity index (χ1v) is 6.34. The second-order valence-electron chi connectivity index (χ2n) is 3.41. The lowest BCUT2D eigenvalue weighted by Crippen LogP contribution is -2.14. The monoisotopic (exact) mass is 286 g/mol. The van der Waals surface area contributed by atoms with Gasteiger partial charge in [-0.25, -0.2) is 18.1 Å². The van der Waals surface area contributed by atoms with Crippen molar-refractivity contribution in [1.29, 1.82) is 0 Å². The number of hydrogen-bond acceptors (Lipinski definition) is 5. The number of halogens is 1. The highest BCUT2D eigenvalue weighted by Gasteiger charge is 2.22. The van der Waals surface area contributed by atoms with Crippen LogP contribution in [0.3, 0.4) is 0 Å². The topological polar surface area (TPSA) is 118 Å². The fourth-order valence-electron chi connectivity index (χ4n) is 1.31. The molecule has 1 aromatic carbocycles. The van der Waals surface area contributed by atoms with Crippen LogP contribution in [0.2, 0.25) is 0 Å². The molecule has 0 amide bonds. The number of nitrogens with one attached hydrogen (secondary N) is 2. The van der Waals surface area contributed by atoms with E-state index in [0.717, 1.165) is 12.1 Å². The van der Waals surface area contributed by atoms with Crippen LogP contribution < -0.4 is 4.72 Å². The lowest BCUT2D eigenvalue weighted by atomic mass is 10.3. The number of imidazole rings is 1. The van der Waals surface area contributed by atoms with Crippen LogP contribution in [0.4, 0.5) is 16.0 Å². The van der Waals surface area contributed by atoms with Crippen LogP contribution in [0.15, 0.2) is 35.5 Å². The summed E-state index contributed by atoms with van der Waals surface area (Å²) in [6.45, 7) is 0. The first kappa shape index (κ1) is 13.0. The number of benzene rings is 1. The third-order valence-electron chi connectivity index (χ3n) is 2.15. The standard InChI is InChI=1S/C9H7FN4O4S/c10-7-2-1-6(5-8(7)14(15)16)19(17,18)13-9-11-3-4-12-9/h1-5H,(H2,11,12,13). The molecule has 0 radical (unpaired) electrons. The van der Waals surface area contributed by atoms with Crippen LogP contribution in [-0.4, -0.2) is 23.3 Å². The van der Waals surface area contributed by atoms with Crippen molar-refractivity contribution < 1.29 is 17.7 Å². The number of nitro groups is 1. The van der Waals surface area contributed by atoms with Crippen LogP contribution >= 0.6 is 0 Å². The maximum absolute atomic E-state index is 13.1. The number of nitrogens with zero attached hydrogens (tertiary/aromatic N) is 2. The molecule has 0 saturated heterocycles. The van der Waals surface area contributed by atoms with Crippen LogP contribution in [0.1, 0.15) is 0 Å². The van der Waals surface area contributed by atoms with Gasteiger partial charge in [0.15, 0.2) is 0 Å². The Hall–Kier alpha value is -2.49. The number of aromatic nitrogens is 2. The average Bonchev–Trinajstić information content (AvgIpc) is 2.80. The Bertz CT molecular complexity index is 714. The molecule has 0 aliphatic carbocycles. The molecule has 0 spiro atoms. The summed E-state index contributed by atoms with van der Waals surface area (Å²) in [7, 11) is -4.07. The van der Waals surface area contributed by atoms with Crippen molar-refractivity contribution in [3.05, 3.63) is 46.5 Å². The van der Waals surface area contributed by atoms with Gasteiger partial charge in [-0.3, -0.25) is 10.1 Å². The predicted molar refractivity (Wildman–Crippen MR) is 62.5 cm³/mol. The van der Waals surface area contributed by atoms with E-state index in [1.165, 1.54) is 12.4 Å². The Kier molecular flexibility index (Phi) is 3.17. The van der Waals surface area contributed by atoms with Gasteiger partial charge in [0.05, 0.1) is 9.82 Å². The first-order chi connectivity index (χ1) is 8.90. The third kappa shape index (κ3) is 2.68. The number of sulfonamides is 1. The van der Waals surface area contributed by atoms with Gasteiger partial charge in [0, 0.05) is 18.5 Å². The molecule has 0 aliphatic heterocycles. The van der Waals surface area contributed by atoms with Gasteiger partial charge in [0.25, 0.3) is 10.0 Å². The lowest BCUT2D eigenvalue weighted by molar-refractivity contribution is -0.387. The molecule has 8 nitrogen and oxygen atoms in total. The van der Waals surface area contributed by atoms with E-state index in [1.807, 2.05) is 0 Å². The van der Waals surface area contributed by atoms with Gasteiger partial charge in [-0.2, -0.15) is 4.39 Å². The Balaban J connectivity index is 2.41. The van der Waals surface area contributed by atoms with Crippen molar-refractivity contribution in [3.8, 4) is 0 Å². The third-order valence-corrected chi connectivity index (χ3v) is 3.49. The van der Waals surface area contributed by atoms with Crippen molar-refractivity contribution in [1.82, 2.24) is 9.97 Å². The summed E-state index contributed by atoms with van der Waals surface area (Å²) in [6, 6.07) is 2.28. The molecule has 0 aliphatic rings. The number of hydrogen-bond donors (Lipinski definition) is 2. The Morgan fingerprint density at radius 1 is 1.42 bits per heavy atom. The normalized spacial score (nSPS) is 11.2. The van der Waals surface area contributed by atoms with E-state index in [4.69, 9.17) is 0 Å². The molecule has 0 atom stereocenters. The van der Waals surface area contributed by atoms with E-state index in [-0.39, 0.29) is 5.95 Å². The van der Waals surface area contributed by atoms with E-state index in [9.17, 15) is 22.9 Å². The zero-order valence-corrected chi connectivity index (χ0v) is 10.0. The molecule has 2 N–H and O–H groups in total. The maximum atomic E-state index is 13.1. The fraction of sp³-hybridized carbons (Fsp3) is 0. The Morgan fingerprint density at radius 3 is 2.74 bits per heavy atom. The smallest absolute Gasteiger partial charge is 0.306 e. The van der Waals surface area contributed by atoms with Gasteiger partial charge in [0.2, 0.25) is 11.8 Å². The summed E-state index contributed by atoms with van der Waals surface area (Å²) >= 11 is 0. The van der Waals surface area contributed by atoms with Crippen LogP contribution in [-0.2, 0) is 10.0 Å². The molecule has 1 heterocycles. The number of H-pyrrole nitrogens is 1. The molecule has 2 rings (SSSR count). The predicted octanol–water partition coefficient (Wildman–Crippen LogP) is 1.26. The molecule has 1 aromatic heterocycles. The summed E-state index contributed by atoms with van der Waals surface area (Å²) in [5.41, 5.74) is -0.915. The van der Waals surface area contributed by atoms with Crippen molar-refractivity contribution >= 4 is 21.7 Å². The van der Waals surface area contributed by atoms with Crippen molar-refractivity contribution in [2.45, 2.75) is 4.90 Å². The second kappa shape index (κ2) is 4.65. The minimum atomic E-state index is -4.07. The van der Waals surface area contributed by atoms with Gasteiger partial charge in [-0.05, 0) is 12.1 Å². The van der Waals surface area contributed by atoms with E-state index < -0.39 is 31.3 Å². The average molecular weight is 286 g/mol. The second-order valence-corrected chi connectivity index (χ2v) is 5.10. The minimum Gasteiger partial charge on any atom is -0.330 e. The van der Waals surface area contributed by atoms with Crippen LogP contribution in [0.5, 0.6) is 0 Å². The highest BCUT2D eigenvalue weighted by atomic mass is 32.2.